The summed E-state index contributed by atoms with van der Waals surface area (Å²) in [5.41, 5.74) is 1.71. The third-order valence-corrected chi connectivity index (χ3v) is 6.74. The smallest absolute Gasteiger partial charge is 0.401 e. The number of hydrogen-bond donors (Lipinski definition) is 3. The lowest BCUT2D eigenvalue weighted by atomic mass is 10.1. The van der Waals surface area contributed by atoms with Gasteiger partial charge in [0.05, 0.1) is 29.5 Å². The van der Waals surface area contributed by atoms with Crippen LogP contribution in [-0.2, 0) is 13.1 Å². The molecule has 12 heteroatoms. The standard InChI is InChI=1S/C24H23F3N6O3/c25-24(26,27)12-28-10-13-4-5-17-20-21(13)36-14-6-7-32(11-14)8-9-33-23(35)16-3-1-2-15(18(16)31-33)19(30-20)22(34)29-17/h1-5,14,28,31H,6-12H2,(H,29,34)/t14-/m0/s1. The summed E-state index contributed by atoms with van der Waals surface area (Å²) in [5, 5.41) is 6.02. The second-order valence-corrected chi connectivity index (χ2v) is 9.21. The maximum atomic E-state index is 13.1. The van der Waals surface area contributed by atoms with E-state index in [4.69, 9.17) is 4.74 Å². The molecule has 188 valence electrons. The largest absolute Gasteiger partial charge is 0.486 e. The first-order valence-electron chi connectivity index (χ1n) is 11.7. The molecule has 2 aromatic carbocycles. The maximum absolute atomic E-state index is 13.1. The minimum atomic E-state index is -4.35. The summed E-state index contributed by atoms with van der Waals surface area (Å²) in [4.78, 5) is 35.7. The van der Waals surface area contributed by atoms with E-state index in [0.717, 1.165) is 6.54 Å². The van der Waals surface area contributed by atoms with Crippen molar-refractivity contribution in [2.45, 2.75) is 31.8 Å². The molecule has 2 aromatic heterocycles. The van der Waals surface area contributed by atoms with Crippen molar-refractivity contribution in [3.8, 4) is 17.0 Å². The molecule has 2 atom stereocenters. The van der Waals surface area contributed by atoms with Gasteiger partial charge in [-0.1, -0.05) is 18.2 Å². The molecule has 6 rings (SSSR count). The number of halogens is 3. The molecule has 1 fully saturated rings. The molecule has 0 saturated carbocycles. The van der Waals surface area contributed by atoms with Crippen molar-refractivity contribution >= 4 is 21.9 Å². The highest BCUT2D eigenvalue weighted by Crippen LogP contribution is 2.32. The molecule has 6 bridgehead atoms. The van der Waals surface area contributed by atoms with Gasteiger partial charge >= 0.3 is 6.18 Å². The van der Waals surface area contributed by atoms with Gasteiger partial charge in [-0.15, -0.1) is 0 Å². The van der Waals surface area contributed by atoms with Crippen molar-refractivity contribution < 1.29 is 17.9 Å². The summed E-state index contributed by atoms with van der Waals surface area (Å²) in [6.07, 6.45) is -3.84. The Balaban J connectivity index is 1.56. The van der Waals surface area contributed by atoms with Gasteiger partial charge in [0, 0.05) is 37.3 Å². The fraction of sp³-hybridized carbons (Fsp3) is 0.375. The Hall–Kier alpha value is -3.64. The van der Waals surface area contributed by atoms with E-state index < -0.39 is 18.3 Å². The van der Waals surface area contributed by atoms with Crippen LogP contribution in [0.4, 0.5) is 13.2 Å². The van der Waals surface area contributed by atoms with Crippen molar-refractivity contribution in [2.75, 3.05) is 26.2 Å². The second kappa shape index (κ2) is 8.49. The van der Waals surface area contributed by atoms with Crippen LogP contribution >= 0.6 is 0 Å². The number of rotatable bonds is 3. The molecule has 0 spiro atoms. The van der Waals surface area contributed by atoms with Gasteiger partial charge in [-0.25, -0.2) is 4.98 Å². The fourth-order valence-electron chi connectivity index (χ4n) is 5.00. The number of para-hydroxylation sites is 1. The van der Waals surface area contributed by atoms with Crippen LogP contribution in [0, 0.1) is 0 Å². The molecule has 1 unspecified atom stereocenters. The summed E-state index contributed by atoms with van der Waals surface area (Å²) >= 11 is 0. The van der Waals surface area contributed by atoms with Crippen molar-refractivity contribution in [3.63, 3.8) is 0 Å². The van der Waals surface area contributed by atoms with Gasteiger partial charge in [0.1, 0.15) is 17.3 Å². The number of alkyl halides is 3. The highest BCUT2D eigenvalue weighted by atomic mass is 19.4. The van der Waals surface area contributed by atoms with Crippen LogP contribution < -0.4 is 21.2 Å². The Morgan fingerprint density at radius 1 is 1.14 bits per heavy atom. The first-order valence-corrected chi connectivity index (χ1v) is 11.7. The summed E-state index contributed by atoms with van der Waals surface area (Å²) < 4.78 is 46.2. The van der Waals surface area contributed by atoms with Gasteiger partial charge in [0.15, 0.2) is 5.75 Å². The molecule has 1 saturated heterocycles. The normalized spacial score (nSPS) is 19.8. The lowest BCUT2D eigenvalue weighted by Crippen LogP contribution is -2.31. The number of nitrogens with zero attached hydrogens (tertiary/aromatic N) is 3. The number of hydrogen-bond acceptors (Lipinski definition) is 6. The summed E-state index contributed by atoms with van der Waals surface area (Å²) in [6.45, 7) is 1.19. The van der Waals surface area contributed by atoms with Gasteiger partial charge in [0.25, 0.3) is 11.1 Å². The molecule has 4 aromatic rings. The SMILES string of the molecule is O=c1[nH]c2ccc(CNCC(F)(F)F)c3c2nc1-c1cccc2c(=O)n([nH]c12)CCN1CC[C@@H](C1)O3. The minimum Gasteiger partial charge on any atom is -0.486 e. The van der Waals surface area contributed by atoms with E-state index in [1.54, 1.807) is 35.0 Å². The van der Waals surface area contributed by atoms with E-state index in [0.29, 0.717) is 64.9 Å². The highest BCUT2D eigenvalue weighted by molar-refractivity contribution is 5.94. The van der Waals surface area contributed by atoms with Crippen molar-refractivity contribution in [3.05, 3.63) is 56.6 Å². The highest BCUT2D eigenvalue weighted by Gasteiger charge is 2.29. The Labute approximate surface area is 201 Å². The predicted molar refractivity (Wildman–Crippen MR) is 127 cm³/mol. The lowest BCUT2D eigenvalue weighted by molar-refractivity contribution is -0.125. The van der Waals surface area contributed by atoms with E-state index in [-0.39, 0.29) is 23.9 Å². The molecule has 0 amide bonds. The third-order valence-electron chi connectivity index (χ3n) is 6.74. The molecule has 36 heavy (non-hydrogen) atoms. The maximum Gasteiger partial charge on any atom is 0.401 e. The average Bonchev–Trinajstić information content (AvgIpc) is 3.41. The van der Waals surface area contributed by atoms with Gasteiger partial charge in [-0.3, -0.25) is 24.3 Å². The lowest BCUT2D eigenvalue weighted by Gasteiger charge is -2.20. The molecule has 9 nitrogen and oxygen atoms in total. The zero-order valence-electron chi connectivity index (χ0n) is 19.1. The molecule has 0 radical (unpaired) electrons. The van der Waals surface area contributed by atoms with Crippen LogP contribution in [-0.4, -0.2) is 63.1 Å². The van der Waals surface area contributed by atoms with Gasteiger partial charge in [-0.05, 0) is 18.6 Å². The van der Waals surface area contributed by atoms with Gasteiger partial charge in [0.2, 0.25) is 0 Å². The van der Waals surface area contributed by atoms with E-state index >= 15 is 0 Å². The van der Waals surface area contributed by atoms with Crippen LogP contribution in [0.2, 0.25) is 0 Å². The van der Waals surface area contributed by atoms with Crippen LogP contribution in [0.1, 0.15) is 12.0 Å². The van der Waals surface area contributed by atoms with Crippen LogP contribution in [0.3, 0.4) is 0 Å². The van der Waals surface area contributed by atoms with E-state index in [2.05, 4.69) is 25.3 Å². The average molecular weight is 500 g/mol. The third kappa shape index (κ3) is 4.05. The van der Waals surface area contributed by atoms with E-state index in [1.165, 1.54) is 0 Å². The minimum absolute atomic E-state index is 0.0802. The Morgan fingerprint density at radius 3 is 2.83 bits per heavy atom. The summed E-state index contributed by atoms with van der Waals surface area (Å²) in [7, 11) is 0. The number of H-pyrrole nitrogens is 2. The Bertz CT molecular complexity index is 1590. The predicted octanol–water partition coefficient (Wildman–Crippen LogP) is 2.35. The Kier molecular flexibility index (Phi) is 5.38. The van der Waals surface area contributed by atoms with Crippen molar-refractivity contribution in [1.82, 2.24) is 30.0 Å². The number of aromatic amines is 2. The zero-order valence-corrected chi connectivity index (χ0v) is 19.1. The zero-order chi connectivity index (χ0) is 25.0. The summed E-state index contributed by atoms with van der Waals surface area (Å²) in [5.74, 6) is 0.349. The molecule has 4 heterocycles. The quantitative estimate of drug-likeness (QED) is 0.399. The number of aromatic nitrogens is 4. The molecular formula is C24H23F3N6O3. The molecule has 2 aliphatic rings. The first kappa shape index (κ1) is 22.8. The van der Waals surface area contributed by atoms with Crippen LogP contribution in [0.15, 0.2) is 39.9 Å². The van der Waals surface area contributed by atoms with Crippen LogP contribution in [0.25, 0.3) is 33.2 Å². The van der Waals surface area contributed by atoms with E-state index in [9.17, 15) is 22.8 Å². The summed E-state index contributed by atoms with van der Waals surface area (Å²) in [6, 6.07) is 8.37. The van der Waals surface area contributed by atoms with Crippen molar-refractivity contribution in [1.29, 1.82) is 0 Å². The van der Waals surface area contributed by atoms with Crippen LogP contribution in [0.5, 0.6) is 5.75 Å². The molecule has 2 aliphatic heterocycles. The molecular weight excluding hydrogens is 477 g/mol. The molecule has 0 aliphatic carbocycles. The van der Waals surface area contributed by atoms with Gasteiger partial charge in [-0.2, -0.15) is 13.2 Å². The number of nitrogens with one attached hydrogen (secondary N) is 3. The number of fused-ring (bicyclic) bond motifs is 5. The van der Waals surface area contributed by atoms with E-state index in [1.807, 2.05) is 0 Å². The number of ether oxygens (including phenoxy) is 1. The monoisotopic (exact) mass is 500 g/mol. The topological polar surface area (TPSA) is 108 Å². The van der Waals surface area contributed by atoms with Crippen molar-refractivity contribution in [2.24, 2.45) is 0 Å². The second-order valence-electron chi connectivity index (χ2n) is 9.21. The van der Waals surface area contributed by atoms with Gasteiger partial charge < -0.3 is 15.0 Å². The first-order chi connectivity index (χ1) is 17.3. The fourth-order valence-corrected chi connectivity index (χ4v) is 5.00. The Morgan fingerprint density at radius 2 is 2.00 bits per heavy atom. The number of benzene rings is 2. The molecule has 3 N–H and O–H groups in total.